The molecule has 0 bridgehead atoms. The molecule has 2 nitrogen and oxygen atoms in total. The van der Waals surface area contributed by atoms with Crippen molar-refractivity contribution in [3.05, 3.63) is 29.3 Å². The highest BCUT2D eigenvalue weighted by Gasteiger charge is 2.19. The molecule has 19 heavy (non-hydrogen) atoms. The van der Waals surface area contributed by atoms with Gasteiger partial charge in [0.15, 0.2) is 0 Å². The summed E-state index contributed by atoms with van der Waals surface area (Å²) >= 11 is 0. The van der Waals surface area contributed by atoms with E-state index >= 15 is 0 Å². The van der Waals surface area contributed by atoms with Crippen LogP contribution in [-0.4, -0.2) is 6.54 Å². The third kappa shape index (κ3) is 3.73. The van der Waals surface area contributed by atoms with Crippen LogP contribution in [0.4, 0.5) is 5.69 Å². The number of rotatable bonds is 4. The van der Waals surface area contributed by atoms with Crippen molar-refractivity contribution in [2.24, 2.45) is 11.8 Å². The molecule has 0 unspecified atom stereocenters. The van der Waals surface area contributed by atoms with Crippen LogP contribution >= 0.6 is 0 Å². The third-order valence-electron chi connectivity index (χ3n) is 4.42. The monoisotopic (exact) mass is 256 g/mol. The second-order valence-electron chi connectivity index (χ2n) is 5.84. The summed E-state index contributed by atoms with van der Waals surface area (Å²) in [6.07, 6.45) is 6.75. The van der Waals surface area contributed by atoms with Crippen molar-refractivity contribution in [3.8, 4) is 6.07 Å². The SMILES string of the molecule is CCC1CCC(CNc2ccc(C)cc2C#N)CC1. The van der Waals surface area contributed by atoms with Gasteiger partial charge in [0.1, 0.15) is 6.07 Å². The molecule has 1 aromatic carbocycles. The molecule has 2 rings (SSSR count). The lowest BCUT2D eigenvalue weighted by Crippen LogP contribution is -2.21. The lowest BCUT2D eigenvalue weighted by molar-refractivity contribution is 0.278. The Morgan fingerprint density at radius 3 is 2.53 bits per heavy atom. The summed E-state index contributed by atoms with van der Waals surface area (Å²) < 4.78 is 0. The number of hydrogen-bond donors (Lipinski definition) is 1. The van der Waals surface area contributed by atoms with Crippen LogP contribution in [0, 0.1) is 30.1 Å². The van der Waals surface area contributed by atoms with Gasteiger partial charge in [0.05, 0.1) is 11.3 Å². The molecule has 0 atom stereocenters. The summed E-state index contributed by atoms with van der Waals surface area (Å²) in [5.74, 6) is 1.72. The Hall–Kier alpha value is -1.49. The fourth-order valence-corrected chi connectivity index (χ4v) is 3.00. The number of hydrogen-bond acceptors (Lipinski definition) is 2. The van der Waals surface area contributed by atoms with E-state index < -0.39 is 0 Å². The van der Waals surface area contributed by atoms with E-state index in [0.717, 1.165) is 35.2 Å². The number of anilines is 1. The topological polar surface area (TPSA) is 35.8 Å². The minimum atomic E-state index is 0.766. The Morgan fingerprint density at radius 1 is 1.21 bits per heavy atom. The first kappa shape index (κ1) is 13.9. The maximum absolute atomic E-state index is 9.16. The van der Waals surface area contributed by atoms with Crippen molar-refractivity contribution < 1.29 is 0 Å². The van der Waals surface area contributed by atoms with Gasteiger partial charge in [-0.2, -0.15) is 5.26 Å². The van der Waals surface area contributed by atoms with E-state index in [1.165, 1.54) is 32.1 Å². The van der Waals surface area contributed by atoms with E-state index in [4.69, 9.17) is 5.26 Å². The van der Waals surface area contributed by atoms with Gasteiger partial charge in [-0.25, -0.2) is 0 Å². The van der Waals surface area contributed by atoms with Gasteiger partial charge in [-0.3, -0.25) is 0 Å². The first-order valence-corrected chi connectivity index (χ1v) is 7.47. The maximum Gasteiger partial charge on any atom is 0.101 e. The molecular weight excluding hydrogens is 232 g/mol. The Labute approximate surface area is 116 Å². The van der Waals surface area contributed by atoms with Crippen LogP contribution in [0.3, 0.4) is 0 Å². The largest absolute Gasteiger partial charge is 0.384 e. The average Bonchev–Trinajstić information content (AvgIpc) is 2.46. The number of aryl methyl sites for hydroxylation is 1. The molecular formula is C17H24N2. The number of nitrogens with zero attached hydrogens (tertiary/aromatic N) is 1. The molecule has 1 N–H and O–H groups in total. The molecule has 0 spiro atoms. The predicted octanol–water partition coefficient (Wildman–Crippen LogP) is 4.50. The van der Waals surface area contributed by atoms with E-state index in [1.54, 1.807) is 0 Å². The van der Waals surface area contributed by atoms with Gasteiger partial charge < -0.3 is 5.32 Å². The Bertz CT molecular complexity index is 451. The molecule has 1 fully saturated rings. The average molecular weight is 256 g/mol. The van der Waals surface area contributed by atoms with Crippen molar-refractivity contribution in [3.63, 3.8) is 0 Å². The summed E-state index contributed by atoms with van der Waals surface area (Å²) in [5, 5.41) is 12.6. The predicted molar refractivity (Wildman–Crippen MR) is 80.1 cm³/mol. The fraction of sp³-hybridized carbons (Fsp3) is 0.588. The van der Waals surface area contributed by atoms with Crippen molar-refractivity contribution in [1.29, 1.82) is 5.26 Å². The smallest absolute Gasteiger partial charge is 0.101 e. The summed E-state index contributed by atoms with van der Waals surface area (Å²) in [7, 11) is 0. The molecule has 1 aromatic rings. The summed E-state index contributed by atoms with van der Waals surface area (Å²) in [6.45, 7) is 5.33. The maximum atomic E-state index is 9.16. The highest BCUT2D eigenvalue weighted by Crippen LogP contribution is 2.31. The quantitative estimate of drug-likeness (QED) is 0.861. The van der Waals surface area contributed by atoms with Gasteiger partial charge in [-0.05, 0) is 49.3 Å². The zero-order valence-corrected chi connectivity index (χ0v) is 12.1. The van der Waals surface area contributed by atoms with Crippen LogP contribution in [-0.2, 0) is 0 Å². The molecule has 1 aliphatic carbocycles. The van der Waals surface area contributed by atoms with Crippen LogP contribution in [0.15, 0.2) is 18.2 Å². The van der Waals surface area contributed by atoms with E-state index in [-0.39, 0.29) is 0 Å². The Kier molecular flexibility index (Phi) is 4.85. The molecule has 0 saturated heterocycles. The molecule has 2 heteroatoms. The van der Waals surface area contributed by atoms with Crippen molar-refractivity contribution in [2.75, 3.05) is 11.9 Å². The third-order valence-corrected chi connectivity index (χ3v) is 4.42. The van der Waals surface area contributed by atoms with Gasteiger partial charge in [0, 0.05) is 6.54 Å². The zero-order chi connectivity index (χ0) is 13.7. The highest BCUT2D eigenvalue weighted by molar-refractivity contribution is 5.58. The van der Waals surface area contributed by atoms with E-state index in [9.17, 15) is 0 Å². The van der Waals surface area contributed by atoms with Crippen molar-refractivity contribution in [2.45, 2.75) is 46.0 Å². The highest BCUT2D eigenvalue weighted by atomic mass is 14.9. The fourth-order valence-electron chi connectivity index (χ4n) is 3.00. The Morgan fingerprint density at radius 2 is 1.89 bits per heavy atom. The van der Waals surface area contributed by atoms with Crippen LogP contribution in [0.25, 0.3) is 0 Å². The van der Waals surface area contributed by atoms with Gasteiger partial charge in [0.25, 0.3) is 0 Å². The molecule has 102 valence electrons. The van der Waals surface area contributed by atoms with Crippen LogP contribution < -0.4 is 5.32 Å². The molecule has 0 aromatic heterocycles. The van der Waals surface area contributed by atoms with Crippen LogP contribution in [0.1, 0.15) is 50.2 Å². The van der Waals surface area contributed by atoms with Crippen molar-refractivity contribution in [1.82, 2.24) is 0 Å². The van der Waals surface area contributed by atoms with Gasteiger partial charge in [-0.1, -0.05) is 32.3 Å². The molecule has 0 radical (unpaired) electrons. The van der Waals surface area contributed by atoms with Gasteiger partial charge in [-0.15, -0.1) is 0 Å². The molecule has 0 amide bonds. The lowest BCUT2D eigenvalue weighted by atomic mass is 9.81. The van der Waals surface area contributed by atoms with Gasteiger partial charge in [0.2, 0.25) is 0 Å². The second-order valence-corrected chi connectivity index (χ2v) is 5.84. The van der Waals surface area contributed by atoms with Crippen LogP contribution in [0.5, 0.6) is 0 Å². The first-order valence-electron chi connectivity index (χ1n) is 7.47. The van der Waals surface area contributed by atoms with E-state index in [0.29, 0.717) is 0 Å². The first-order chi connectivity index (χ1) is 9.22. The summed E-state index contributed by atoms with van der Waals surface area (Å²) in [4.78, 5) is 0. The summed E-state index contributed by atoms with van der Waals surface area (Å²) in [5.41, 5.74) is 2.90. The number of nitriles is 1. The number of benzene rings is 1. The molecule has 1 saturated carbocycles. The molecule has 0 heterocycles. The Balaban J connectivity index is 1.88. The minimum absolute atomic E-state index is 0.766. The normalized spacial score (nSPS) is 22.8. The van der Waals surface area contributed by atoms with Gasteiger partial charge >= 0.3 is 0 Å². The minimum Gasteiger partial charge on any atom is -0.384 e. The van der Waals surface area contributed by atoms with Crippen LogP contribution in [0.2, 0.25) is 0 Å². The molecule has 1 aliphatic rings. The number of nitrogens with one attached hydrogen (secondary N) is 1. The summed E-state index contributed by atoms with van der Waals surface area (Å²) in [6, 6.07) is 8.33. The zero-order valence-electron chi connectivity index (χ0n) is 12.1. The second kappa shape index (κ2) is 6.61. The lowest BCUT2D eigenvalue weighted by Gasteiger charge is -2.28. The van der Waals surface area contributed by atoms with Crippen molar-refractivity contribution >= 4 is 5.69 Å². The molecule has 0 aliphatic heterocycles. The van der Waals surface area contributed by atoms with E-state index in [1.807, 2.05) is 19.1 Å². The van der Waals surface area contributed by atoms with E-state index in [2.05, 4.69) is 24.4 Å². The standard InChI is InChI=1S/C17H24N2/c1-3-14-5-7-15(8-6-14)12-19-17-9-4-13(2)10-16(17)11-18/h4,9-10,14-15,19H,3,5-8,12H2,1-2H3.